The Labute approximate surface area is 154 Å². The van der Waals surface area contributed by atoms with Gasteiger partial charge in [-0.05, 0) is 30.7 Å². The average molecular weight is 400 g/mol. The van der Waals surface area contributed by atoms with E-state index in [9.17, 15) is 9.59 Å². The molecule has 1 heterocycles. The second-order valence-electron chi connectivity index (χ2n) is 5.93. The van der Waals surface area contributed by atoms with Gasteiger partial charge in [-0.25, -0.2) is 4.98 Å². The highest BCUT2D eigenvalue weighted by molar-refractivity contribution is 9.10. The highest BCUT2D eigenvalue weighted by Gasteiger charge is 2.18. The number of aromatic nitrogens is 2. The molecule has 128 valence electrons. The molecule has 1 unspecified atom stereocenters. The SMILES string of the molecule is CC(c1ccccc1)N(C)C(=O)Cn1cnc2ccc(Br)cc2c1=O. The maximum atomic E-state index is 12.6. The molecule has 1 amide bonds. The van der Waals surface area contributed by atoms with Crippen LogP contribution in [0.5, 0.6) is 0 Å². The van der Waals surface area contributed by atoms with Gasteiger partial charge in [0.05, 0.1) is 23.3 Å². The molecule has 5 nitrogen and oxygen atoms in total. The van der Waals surface area contributed by atoms with Crippen molar-refractivity contribution in [1.29, 1.82) is 0 Å². The quantitative estimate of drug-likeness (QED) is 0.675. The first kappa shape index (κ1) is 17.4. The summed E-state index contributed by atoms with van der Waals surface area (Å²) in [5.41, 5.74) is 1.44. The number of hydrogen-bond acceptors (Lipinski definition) is 3. The number of fused-ring (bicyclic) bond motifs is 1. The molecule has 2 aromatic carbocycles. The summed E-state index contributed by atoms with van der Waals surface area (Å²) in [6.07, 6.45) is 1.43. The zero-order valence-electron chi connectivity index (χ0n) is 14.0. The Morgan fingerprint density at radius 1 is 1.24 bits per heavy atom. The van der Waals surface area contributed by atoms with E-state index in [0.29, 0.717) is 10.9 Å². The normalized spacial score (nSPS) is 12.1. The zero-order chi connectivity index (χ0) is 18.0. The molecule has 25 heavy (non-hydrogen) atoms. The van der Waals surface area contributed by atoms with Crippen molar-refractivity contribution < 1.29 is 4.79 Å². The van der Waals surface area contributed by atoms with Crippen molar-refractivity contribution >= 4 is 32.7 Å². The smallest absolute Gasteiger partial charge is 0.261 e. The van der Waals surface area contributed by atoms with Gasteiger partial charge in [0, 0.05) is 11.5 Å². The van der Waals surface area contributed by atoms with Crippen molar-refractivity contribution in [2.75, 3.05) is 7.05 Å². The lowest BCUT2D eigenvalue weighted by atomic mass is 10.1. The van der Waals surface area contributed by atoms with Crippen LogP contribution in [0.2, 0.25) is 0 Å². The van der Waals surface area contributed by atoms with Crippen molar-refractivity contribution in [3.05, 3.63) is 75.2 Å². The highest BCUT2D eigenvalue weighted by atomic mass is 79.9. The van der Waals surface area contributed by atoms with E-state index in [1.54, 1.807) is 24.1 Å². The van der Waals surface area contributed by atoms with Gasteiger partial charge in [0.2, 0.25) is 5.91 Å². The maximum absolute atomic E-state index is 12.6. The fraction of sp³-hybridized carbons (Fsp3) is 0.211. The van der Waals surface area contributed by atoms with Crippen LogP contribution in [0.1, 0.15) is 18.5 Å². The molecular weight excluding hydrogens is 382 g/mol. The van der Waals surface area contributed by atoms with Crippen LogP contribution in [0.25, 0.3) is 10.9 Å². The van der Waals surface area contributed by atoms with E-state index in [1.165, 1.54) is 10.9 Å². The molecule has 0 radical (unpaired) electrons. The van der Waals surface area contributed by atoms with Gasteiger partial charge >= 0.3 is 0 Å². The number of nitrogens with zero attached hydrogens (tertiary/aromatic N) is 3. The van der Waals surface area contributed by atoms with Crippen LogP contribution >= 0.6 is 15.9 Å². The third-order valence-electron chi connectivity index (χ3n) is 4.35. The average Bonchev–Trinajstić information content (AvgIpc) is 2.64. The van der Waals surface area contributed by atoms with Crippen LogP contribution < -0.4 is 5.56 Å². The molecule has 0 saturated heterocycles. The Hall–Kier alpha value is -2.47. The van der Waals surface area contributed by atoms with Gasteiger partial charge in [0.1, 0.15) is 6.54 Å². The summed E-state index contributed by atoms with van der Waals surface area (Å²) in [4.78, 5) is 31.1. The Kier molecular flexibility index (Phi) is 4.99. The molecular formula is C19H18BrN3O2. The van der Waals surface area contributed by atoms with Crippen LogP contribution in [-0.2, 0) is 11.3 Å². The maximum Gasteiger partial charge on any atom is 0.261 e. The van der Waals surface area contributed by atoms with Gasteiger partial charge < -0.3 is 4.90 Å². The number of halogens is 1. The lowest BCUT2D eigenvalue weighted by molar-refractivity contribution is -0.132. The van der Waals surface area contributed by atoms with Gasteiger partial charge in [-0.1, -0.05) is 46.3 Å². The number of likely N-dealkylation sites (N-methyl/N-ethyl adjacent to an activating group) is 1. The third-order valence-corrected chi connectivity index (χ3v) is 4.84. The van der Waals surface area contributed by atoms with Crippen molar-refractivity contribution in [3.8, 4) is 0 Å². The first-order valence-electron chi connectivity index (χ1n) is 7.92. The number of benzene rings is 2. The molecule has 0 aliphatic rings. The summed E-state index contributed by atoms with van der Waals surface area (Å²) >= 11 is 3.36. The Balaban J connectivity index is 1.84. The highest BCUT2D eigenvalue weighted by Crippen LogP contribution is 2.19. The Bertz CT molecular complexity index is 969. The molecule has 6 heteroatoms. The van der Waals surface area contributed by atoms with Crippen LogP contribution in [0.15, 0.2) is 64.1 Å². The van der Waals surface area contributed by atoms with Gasteiger partial charge in [-0.3, -0.25) is 14.2 Å². The molecule has 0 spiro atoms. The number of carbonyl (C=O) groups excluding carboxylic acids is 1. The number of rotatable bonds is 4. The van der Waals surface area contributed by atoms with Gasteiger partial charge in [0.25, 0.3) is 5.56 Å². The van der Waals surface area contributed by atoms with E-state index in [-0.39, 0.29) is 24.1 Å². The predicted octanol–water partition coefficient (Wildman–Crippen LogP) is 3.38. The topological polar surface area (TPSA) is 55.2 Å². The molecule has 3 aromatic rings. The summed E-state index contributed by atoms with van der Waals surface area (Å²) in [7, 11) is 1.75. The summed E-state index contributed by atoms with van der Waals surface area (Å²) < 4.78 is 2.16. The largest absolute Gasteiger partial charge is 0.337 e. The van der Waals surface area contributed by atoms with Gasteiger partial charge in [-0.15, -0.1) is 0 Å². The molecule has 0 saturated carbocycles. The van der Waals surface area contributed by atoms with Crippen molar-refractivity contribution in [3.63, 3.8) is 0 Å². The second kappa shape index (κ2) is 7.19. The fourth-order valence-electron chi connectivity index (χ4n) is 2.67. The third kappa shape index (κ3) is 3.64. The van der Waals surface area contributed by atoms with E-state index in [2.05, 4.69) is 20.9 Å². The zero-order valence-corrected chi connectivity index (χ0v) is 15.6. The Morgan fingerprint density at radius 2 is 1.96 bits per heavy atom. The number of amides is 1. The van der Waals surface area contributed by atoms with Crippen molar-refractivity contribution in [2.24, 2.45) is 0 Å². The molecule has 0 aliphatic heterocycles. The Morgan fingerprint density at radius 3 is 2.68 bits per heavy atom. The van der Waals surface area contributed by atoms with Crippen molar-refractivity contribution in [1.82, 2.24) is 14.5 Å². The minimum absolute atomic E-state index is 0.0397. The standard InChI is InChI=1S/C19H18BrN3O2/c1-13(14-6-4-3-5-7-14)22(2)18(24)11-23-12-21-17-9-8-15(20)10-16(17)19(23)25/h3-10,12-13H,11H2,1-2H3. The summed E-state index contributed by atoms with van der Waals surface area (Å²) in [6, 6.07) is 15.0. The first-order valence-corrected chi connectivity index (χ1v) is 8.72. The van der Waals surface area contributed by atoms with E-state index in [1.807, 2.05) is 43.3 Å². The van der Waals surface area contributed by atoms with Crippen LogP contribution in [0.4, 0.5) is 0 Å². The van der Waals surface area contributed by atoms with Crippen LogP contribution in [-0.4, -0.2) is 27.4 Å². The molecule has 0 aliphatic carbocycles. The summed E-state index contributed by atoms with van der Waals surface area (Å²) in [5, 5.41) is 0.489. The molecule has 0 bridgehead atoms. The predicted molar refractivity (Wildman–Crippen MR) is 101 cm³/mol. The summed E-state index contributed by atoms with van der Waals surface area (Å²) in [6.45, 7) is 1.92. The van der Waals surface area contributed by atoms with Crippen molar-refractivity contribution in [2.45, 2.75) is 19.5 Å². The minimum Gasteiger partial charge on any atom is -0.337 e. The summed E-state index contributed by atoms with van der Waals surface area (Å²) in [5.74, 6) is -0.144. The molecule has 3 rings (SSSR count). The fourth-order valence-corrected chi connectivity index (χ4v) is 3.03. The van der Waals surface area contributed by atoms with Gasteiger partial charge in [0.15, 0.2) is 0 Å². The lowest BCUT2D eigenvalue weighted by Gasteiger charge is -2.25. The van der Waals surface area contributed by atoms with E-state index >= 15 is 0 Å². The lowest BCUT2D eigenvalue weighted by Crippen LogP contribution is -2.35. The number of hydrogen-bond donors (Lipinski definition) is 0. The molecule has 0 fully saturated rings. The van der Waals surface area contributed by atoms with Gasteiger partial charge in [-0.2, -0.15) is 0 Å². The minimum atomic E-state index is -0.222. The second-order valence-corrected chi connectivity index (χ2v) is 6.85. The first-order chi connectivity index (χ1) is 12.0. The molecule has 0 N–H and O–H groups in total. The number of carbonyl (C=O) groups is 1. The van der Waals surface area contributed by atoms with E-state index < -0.39 is 0 Å². The monoisotopic (exact) mass is 399 g/mol. The van der Waals surface area contributed by atoms with E-state index in [4.69, 9.17) is 0 Å². The van der Waals surface area contributed by atoms with Crippen LogP contribution in [0.3, 0.4) is 0 Å². The molecule has 1 atom stereocenters. The van der Waals surface area contributed by atoms with Crippen LogP contribution in [0, 0.1) is 0 Å². The molecule has 1 aromatic heterocycles. The van der Waals surface area contributed by atoms with E-state index in [0.717, 1.165) is 10.0 Å².